The zero-order valence-electron chi connectivity index (χ0n) is 17.8. The first kappa shape index (κ1) is 20.6. The zero-order valence-corrected chi connectivity index (χ0v) is 17.8. The molecule has 0 amide bonds. The molecule has 3 heterocycles. The van der Waals surface area contributed by atoms with E-state index in [1.165, 1.54) is 6.07 Å². The number of fused-ring (bicyclic) bond motifs is 2. The van der Waals surface area contributed by atoms with Crippen LogP contribution in [0.25, 0.3) is 21.9 Å². The van der Waals surface area contributed by atoms with E-state index in [4.69, 9.17) is 0 Å². The third kappa shape index (κ3) is 3.57. The number of hydrogen-bond donors (Lipinski definition) is 1. The molecule has 1 saturated heterocycles. The van der Waals surface area contributed by atoms with Crippen LogP contribution >= 0.6 is 0 Å². The predicted octanol–water partition coefficient (Wildman–Crippen LogP) is 6.00. The molecular formula is C25H22F4N4. The Hall–Kier alpha value is -3.00. The maximum atomic E-state index is 14.3. The molecule has 0 radical (unpaired) electrons. The van der Waals surface area contributed by atoms with Crippen molar-refractivity contribution in [1.82, 2.24) is 19.9 Å². The van der Waals surface area contributed by atoms with Crippen LogP contribution in [0.3, 0.4) is 0 Å². The van der Waals surface area contributed by atoms with E-state index >= 15 is 0 Å². The number of piperidine rings is 1. The van der Waals surface area contributed by atoms with Crippen molar-refractivity contribution in [2.75, 3.05) is 13.1 Å². The standard InChI is InChI=1S/C25H22F4N4/c26-15-3-4-20-17(11-15)16(5-8-30-20)13-6-9-33(10-7-13)24(14-1-2-14)25-31-22-19(28)12-18(27)21(29)23(22)32-25/h3-5,8,11-14,24H,1-2,6-7,9-10H2,(H,31,32)/t24-/m1/s1. The number of benzene rings is 2. The highest BCUT2D eigenvalue weighted by Crippen LogP contribution is 2.46. The summed E-state index contributed by atoms with van der Waals surface area (Å²) in [6.45, 7) is 1.56. The Bertz CT molecular complexity index is 1360. The average molecular weight is 454 g/mol. The first-order valence-corrected chi connectivity index (χ1v) is 11.3. The van der Waals surface area contributed by atoms with Crippen molar-refractivity contribution in [2.24, 2.45) is 5.92 Å². The quantitative estimate of drug-likeness (QED) is 0.304. The number of H-pyrrole nitrogens is 1. The van der Waals surface area contributed by atoms with Gasteiger partial charge in [-0.1, -0.05) is 0 Å². The van der Waals surface area contributed by atoms with Crippen molar-refractivity contribution in [1.29, 1.82) is 0 Å². The molecule has 0 bridgehead atoms. The highest BCUT2D eigenvalue weighted by atomic mass is 19.2. The Morgan fingerprint density at radius 2 is 1.73 bits per heavy atom. The molecule has 2 fully saturated rings. The summed E-state index contributed by atoms with van der Waals surface area (Å²) in [5.74, 6) is -2.34. The summed E-state index contributed by atoms with van der Waals surface area (Å²) in [7, 11) is 0. The lowest BCUT2D eigenvalue weighted by Crippen LogP contribution is -2.37. The molecule has 0 unspecified atom stereocenters. The molecule has 1 aliphatic carbocycles. The first-order valence-electron chi connectivity index (χ1n) is 11.3. The lowest BCUT2D eigenvalue weighted by atomic mass is 9.86. The molecule has 2 aliphatic rings. The highest BCUT2D eigenvalue weighted by molar-refractivity contribution is 5.82. The van der Waals surface area contributed by atoms with Crippen molar-refractivity contribution in [2.45, 2.75) is 37.6 Å². The average Bonchev–Trinajstić information content (AvgIpc) is 3.55. The van der Waals surface area contributed by atoms with Crippen LogP contribution in [0.2, 0.25) is 0 Å². The number of likely N-dealkylation sites (tertiary alicyclic amines) is 1. The van der Waals surface area contributed by atoms with Gasteiger partial charge in [-0.05, 0) is 80.4 Å². The molecule has 8 heteroatoms. The number of pyridine rings is 1. The van der Waals surface area contributed by atoms with E-state index in [-0.39, 0.29) is 28.8 Å². The van der Waals surface area contributed by atoms with Crippen LogP contribution < -0.4 is 0 Å². The molecule has 4 nitrogen and oxygen atoms in total. The summed E-state index contributed by atoms with van der Waals surface area (Å²) < 4.78 is 56.0. The SMILES string of the molecule is Fc1ccc2nccc(C3CCN([C@@H](c4nc5c(F)cc(F)c(F)c5[nH]4)C4CC4)CC3)c2c1. The third-order valence-corrected chi connectivity index (χ3v) is 7.08. The number of nitrogens with zero attached hydrogens (tertiary/aromatic N) is 3. The minimum absolute atomic E-state index is 0.0909. The first-order chi connectivity index (χ1) is 16.0. The maximum Gasteiger partial charge on any atom is 0.184 e. The van der Waals surface area contributed by atoms with Crippen molar-refractivity contribution in [3.8, 4) is 0 Å². The molecular weight excluding hydrogens is 432 g/mol. The predicted molar refractivity (Wildman–Crippen MR) is 117 cm³/mol. The largest absolute Gasteiger partial charge is 0.338 e. The van der Waals surface area contributed by atoms with E-state index < -0.39 is 17.5 Å². The number of imidazole rings is 1. The van der Waals surface area contributed by atoms with Gasteiger partial charge in [-0.25, -0.2) is 22.5 Å². The summed E-state index contributed by atoms with van der Waals surface area (Å²) in [6, 6.07) is 7.10. The summed E-state index contributed by atoms with van der Waals surface area (Å²) in [5.41, 5.74) is 1.51. The number of nitrogens with one attached hydrogen (secondary N) is 1. The van der Waals surface area contributed by atoms with Gasteiger partial charge in [0.15, 0.2) is 17.5 Å². The maximum absolute atomic E-state index is 14.3. The van der Waals surface area contributed by atoms with Crippen molar-refractivity contribution >= 4 is 21.9 Å². The molecule has 1 atom stereocenters. The molecule has 170 valence electrons. The van der Waals surface area contributed by atoms with Crippen LogP contribution in [0.15, 0.2) is 36.5 Å². The Kier molecular flexibility index (Phi) is 4.87. The number of rotatable bonds is 4. The van der Waals surface area contributed by atoms with Gasteiger partial charge in [0.1, 0.15) is 22.7 Å². The molecule has 1 aliphatic heterocycles. The molecule has 6 rings (SSSR count). The lowest BCUT2D eigenvalue weighted by molar-refractivity contribution is 0.131. The van der Waals surface area contributed by atoms with E-state index in [1.54, 1.807) is 18.3 Å². The summed E-state index contributed by atoms with van der Waals surface area (Å²) in [4.78, 5) is 13.9. The van der Waals surface area contributed by atoms with Crippen molar-refractivity contribution in [3.05, 3.63) is 71.2 Å². The van der Waals surface area contributed by atoms with Crippen LogP contribution in [-0.4, -0.2) is 32.9 Å². The monoisotopic (exact) mass is 454 g/mol. The fraction of sp³-hybridized carbons (Fsp3) is 0.360. The third-order valence-electron chi connectivity index (χ3n) is 7.08. The Balaban J connectivity index is 1.28. The van der Waals surface area contributed by atoms with Crippen LogP contribution in [-0.2, 0) is 0 Å². The number of aromatic amines is 1. The normalized spacial score (nSPS) is 18.9. The van der Waals surface area contributed by atoms with E-state index in [9.17, 15) is 17.6 Å². The molecule has 4 aromatic rings. The lowest BCUT2D eigenvalue weighted by Gasteiger charge is -2.37. The fourth-order valence-electron chi connectivity index (χ4n) is 5.32. The second-order valence-corrected chi connectivity index (χ2v) is 9.15. The fourth-order valence-corrected chi connectivity index (χ4v) is 5.32. The highest BCUT2D eigenvalue weighted by Gasteiger charge is 2.40. The van der Waals surface area contributed by atoms with Gasteiger partial charge in [0.2, 0.25) is 0 Å². The van der Waals surface area contributed by atoms with Gasteiger partial charge < -0.3 is 4.98 Å². The van der Waals surface area contributed by atoms with E-state index in [1.807, 2.05) is 6.07 Å². The van der Waals surface area contributed by atoms with E-state index in [2.05, 4.69) is 19.9 Å². The minimum Gasteiger partial charge on any atom is -0.338 e. The number of aromatic nitrogens is 3. The smallest absolute Gasteiger partial charge is 0.184 e. The molecule has 0 spiro atoms. The summed E-state index contributed by atoms with van der Waals surface area (Å²) in [5, 5.41) is 0.847. The zero-order chi connectivity index (χ0) is 22.7. The van der Waals surface area contributed by atoms with E-state index in [0.717, 1.165) is 55.2 Å². The minimum atomic E-state index is -1.22. The van der Waals surface area contributed by atoms with Crippen molar-refractivity contribution in [3.63, 3.8) is 0 Å². The molecule has 33 heavy (non-hydrogen) atoms. The second-order valence-electron chi connectivity index (χ2n) is 9.15. The molecule has 2 aromatic heterocycles. The number of halogens is 4. The Morgan fingerprint density at radius 1 is 0.939 bits per heavy atom. The Labute approximate surface area is 187 Å². The second kappa shape index (κ2) is 7.80. The van der Waals surface area contributed by atoms with E-state index in [0.29, 0.717) is 17.8 Å². The topological polar surface area (TPSA) is 44.8 Å². The van der Waals surface area contributed by atoms with Gasteiger partial charge in [0.25, 0.3) is 0 Å². The van der Waals surface area contributed by atoms with Gasteiger partial charge in [-0.3, -0.25) is 9.88 Å². The molecule has 1 N–H and O–H groups in total. The summed E-state index contributed by atoms with van der Waals surface area (Å²) >= 11 is 0. The van der Waals surface area contributed by atoms with Crippen LogP contribution in [0, 0.1) is 29.2 Å². The van der Waals surface area contributed by atoms with Gasteiger partial charge in [0, 0.05) is 17.6 Å². The molecule has 1 saturated carbocycles. The van der Waals surface area contributed by atoms with Gasteiger partial charge in [0.05, 0.1) is 11.6 Å². The van der Waals surface area contributed by atoms with Crippen LogP contribution in [0.4, 0.5) is 17.6 Å². The van der Waals surface area contributed by atoms with Gasteiger partial charge in [-0.2, -0.15) is 0 Å². The van der Waals surface area contributed by atoms with Gasteiger partial charge in [-0.15, -0.1) is 0 Å². The molecule has 2 aromatic carbocycles. The summed E-state index contributed by atoms with van der Waals surface area (Å²) in [6.07, 6.45) is 5.56. The van der Waals surface area contributed by atoms with Crippen molar-refractivity contribution < 1.29 is 17.6 Å². The van der Waals surface area contributed by atoms with Crippen LogP contribution in [0.1, 0.15) is 49.0 Å². The van der Waals surface area contributed by atoms with Gasteiger partial charge >= 0.3 is 0 Å². The Morgan fingerprint density at radius 3 is 2.48 bits per heavy atom. The number of hydrogen-bond acceptors (Lipinski definition) is 3. The van der Waals surface area contributed by atoms with Crippen LogP contribution in [0.5, 0.6) is 0 Å².